The summed E-state index contributed by atoms with van der Waals surface area (Å²) in [7, 11) is -2.72. The van der Waals surface area contributed by atoms with Crippen molar-refractivity contribution < 1.29 is 28.3 Å². The Balaban J connectivity index is 2.34. The van der Waals surface area contributed by atoms with Crippen molar-refractivity contribution in [3.63, 3.8) is 0 Å². The molecule has 11 heteroatoms. The summed E-state index contributed by atoms with van der Waals surface area (Å²) in [5, 5.41) is 12.0. The number of esters is 1. The largest absolute Gasteiger partial charge is 0.559 e. The van der Waals surface area contributed by atoms with Gasteiger partial charge in [0, 0.05) is 22.7 Å². The number of nitrogens with zero attached hydrogens (tertiary/aromatic N) is 1. The maximum absolute atomic E-state index is 12.6. The maximum atomic E-state index is 12.6. The third-order valence-corrected chi connectivity index (χ3v) is 5.64. The molecule has 166 valence electrons. The van der Waals surface area contributed by atoms with Gasteiger partial charge in [-0.15, -0.1) is 0 Å². The molecule has 0 amide bonds. The van der Waals surface area contributed by atoms with Gasteiger partial charge in [0.2, 0.25) is 6.79 Å². The molecular formula is C20H21Cl2NO7P+. The quantitative estimate of drug-likeness (QED) is 0.143. The van der Waals surface area contributed by atoms with Crippen molar-refractivity contribution in [3.05, 3.63) is 56.1 Å². The predicted octanol–water partition coefficient (Wildman–Crippen LogP) is 6.19. The molecule has 0 heterocycles. The summed E-state index contributed by atoms with van der Waals surface area (Å²) in [6, 6.07) is 7.16. The lowest BCUT2D eigenvalue weighted by molar-refractivity contribution is -0.383. The molecule has 8 nitrogen and oxygen atoms in total. The van der Waals surface area contributed by atoms with Crippen molar-refractivity contribution in [3.8, 4) is 11.5 Å². The van der Waals surface area contributed by atoms with Gasteiger partial charge >= 0.3 is 25.0 Å². The van der Waals surface area contributed by atoms with Gasteiger partial charge in [0.1, 0.15) is 11.5 Å². The van der Waals surface area contributed by atoms with Crippen LogP contribution >= 0.6 is 31.2 Å². The van der Waals surface area contributed by atoms with E-state index in [0.29, 0.717) is 17.0 Å². The molecule has 0 saturated heterocycles. The number of hydrogen-bond donors (Lipinski definition) is 0. The molecule has 0 aromatic heterocycles. The van der Waals surface area contributed by atoms with E-state index in [0.717, 1.165) is 0 Å². The highest BCUT2D eigenvalue weighted by Crippen LogP contribution is 2.37. The van der Waals surface area contributed by atoms with Crippen LogP contribution in [-0.4, -0.2) is 17.7 Å². The first-order valence-electron chi connectivity index (χ1n) is 9.15. The molecule has 0 fully saturated rings. The second-order valence-electron chi connectivity index (χ2n) is 7.42. The average Bonchev–Trinajstić information content (AvgIpc) is 2.68. The lowest BCUT2D eigenvalue weighted by atomic mass is 9.98. The summed E-state index contributed by atoms with van der Waals surface area (Å²) in [5.74, 6) is -0.0603. The van der Waals surface area contributed by atoms with E-state index in [4.69, 9.17) is 37.2 Å². The minimum atomic E-state index is -2.72. The van der Waals surface area contributed by atoms with E-state index in [1.165, 1.54) is 18.2 Å². The van der Waals surface area contributed by atoms with E-state index in [9.17, 15) is 19.5 Å². The Kier molecular flexibility index (Phi) is 8.37. The third kappa shape index (κ3) is 6.61. The topological polar surface area (TPSA) is 105 Å². The fourth-order valence-electron chi connectivity index (χ4n) is 2.35. The number of nitro groups is 1. The second-order valence-corrected chi connectivity index (χ2v) is 9.52. The molecule has 0 aliphatic carbocycles. The Morgan fingerprint density at radius 1 is 1.16 bits per heavy atom. The van der Waals surface area contributed by atoms with Gasteiger partial charge in [-0.3, -0.25) is 14.9 Å². The summed E-state index contributed by atoms with van der Waals surface area (Å²) in [6.45, 7) is 6.12. The molecule has 2 rings (SSSR count). The molecule has 2 aromatic carbocycles. The summed E-state index contributed by atoms with van der Waals surface area (Å²) < 4.78 is 28.5. The molecule has 1 atom stereocenters. The highest BCUT2D eigenvalue weighted by atomic mass is 35.5. The van der Waals surface area contributed by atoms with Crippen LogP contribution in [0.3, 0.4) is 0 Å². The lowest BCUT2D eigenvalue weighted by Gasteiger charge is -2.14. The third-order valence-electron chi connectivity index (χ3n) is 4.02. The van der Waals surface area contributed by atoms with E-state index < -0.39 is 36.8 Å². The lowest BCUT2D eigenvalue weighted by Crippen LogP contribution is -2.23. The number of rotatable bonds is 8. The van der Waals surface area contributed by atoms with Crippen LogP contribution < -0.4 is 10.0 Å². The highest BCUT2D eigenvalue weighted by molar-refractivity contribution is 7.48. The van der Waals surface area contributed by atoms with Gasteiger partial charge in [0.05, 0.1) is 15.4 Å². The number of halogens is 2. The van der Waals surface area contributed by atoms with E-state index >= 15 is 0 Å². The molecule has 0 bridgehead atoms. The average molecular weight is 489 g/mol. The minimum absolute atomic E-state index is 0.205. The molecule has 0 aliphatic heterocycles. The van der Waals surface area contributed by atoms with Crippen molar-refractivity contribution in [2.45, 2.75) is 34.1 Å². The summed E-state index contributed by atoms with van der Waals surface area (Å²) in [5.41, 5.74) is -0.665. The van der Waals surface area contributed by atoms with Crippen LogP contribution in [0.4, 0.5) is 5.69 Å². The van der Waals surface area contributed by atoms with Crippen LogP contribution in [0.15, 0.2) is 30.3 Å². The number of carbonyl (C=O) groups is 1. The van der Waals surface area contributed by atoms with E-state index in [2.05, 4.69) is 0 Å². The molecular weight excluding hydrogens is 468 g/mol. The smallest absolute Gasteiger partial charge is 0.455 e. The van der Waals surface area contributed by atoms with Crippen LogP contribution in [0.25, 0.3) is 0 Å². The Morgan fingerprint density at radius 3 is 2.39 bits per heavy atom. The first-order valence-corrected chi connectivity index (χ1v) is 11.1. The van der Waals surface area contributed by atoms with Gasteiger partial charge in [-0.1, -0.05) is 34.6 Å². The van der Waals surface area contributed by atoms with Crippen molar-refractivity contribution in [1.29, 1.82) is 0 Å². The zero-order chi connectivity index (χ0) is 23.3. The van der Waals surface area contributed by atoms with Gasteiger partial charge in [0.25, 0.3) is 0 Å². The molecule has 1 unspecified atom stereocenters. The zero-order valence-corrected chi connectivity index (χ0v) is 19.7. The van der Waals surface area contributed by atoms with Crippen LogP contribution in [-0.2, 0) is 25.0 Å². The standard InChI is InChI=1S/C20H21Cl2NO7P/c1-5-12-8-15(23(25)26)18(31(27)29-11-28-19(24)20(2,3)4)10-17(12)30-16-7-6-13(21)9-14(16)22/h6-10H,5,11H2,1-4H3/q+1. The van der Waals surface area contributed by atoms with Gasteiger partial charge in [-0.25, -0.2) is 0 Å². The van der Waals surface area contributed by atoms with Crippen LogP contribution in [0.5, 0.6) is 11.5 Å². The van der Waals surface area contributed by atoms with Gasteiger partial charge in [0.15, 0.2) is 0 Å². The van der Waals surface area contributed by atoms with Crippen LogP contribution in [0, 0.1) is 15.5 Å². The Hall–Kier alpha value is -2.25. The van der Waals surface area contributed by atoms with Gasteiger partial charge in [-0.2, -0.15) is 0 Å². The molecule has 0 spiro atoms. The Bertz CT molecular complexity index is 1020. The Labute approximate surface area is 190 Å². The monoisotopic (exact) mass is 488 g/mol. The number of carbonyl (C=O) groups excluding carboxylic acids is 1. The van der Waals surface area contributed by atoms with Gasteiger partial charge < -0.3 is 9.47 Å². The fraction of sp³-hybridized carbons (Fsp3) is 0.350. The number of benzene rings is 2. The first-order chi connectivity index (χ1) is 14.4. The normalized spacial score (nSPS) is 11.7. The molecule has 0 radical (unpaired) electrons. The minimum Gasteiger partial charge on any atom is -0.455 e. The molecule has 2 aromatic rings. The fourth-order valence-corrected chi connectivity index (χ4v) is 3.65. The maximum Gasteiger partial charge on any atom is 0.559 e. The number of aryl methyl sites for hydroxylation is 1. The zero-order valence-electron chi connectivity index (χ0n) is 17.3. The van der Waals surface area contributed by atoms with Crippen LogP contribution in [0.2, 0.25) is 10.0 Å². The van der Waals surface area contributed by atoms with Crippen molar-refractivity contribution in [2.24, 2.45) is 5.41 Å². The SMILES string of the molecule is CCc1cc([N+](=O)[O-])c([P+](=O)OCOC(=O)C(C)(C)C)cc1Oc1ccc(Cl)cc1Cl. The second kappa shape index (κ2) is 10.4. The predicted molar refractivity (Wildman–Crippen MR) is 118 cm³/mol. The van der Waals surface area contributed by atoms with E-state index in [-0.39, 0.29) is 21.8 Å². The van der Waals surface area contributed by atoms with E-state index in [1.807, 2.05) is 0 Å². The first kappa shape index (κ1) is 25.0. The highest BCUT2D eigenvalue weighted by Gasteiger charge is 2.36. The molecule has 31 heavy (non-hydrogen) atoms. The van der Waals surface area contributed by atoms with E-state index in [1.54, 1.807) is 39.8 Å². The van der Waals surface area contributed by atoms with Crippen molar-refractivity contribution >= 4 is 48.2 Å². The molecule has 0 N–H and O–H groups in total. The number of nitro benzene ring substituents is 1. The van der Waals surface area contributed by atoms with Crippen molar-refractivity contribution in [2.75, 3.05) is 6.79 Å². The Morgan fingerprint density at radius 2 is 1.84 bits per heavy atom. The molecule has 0 aliphatic rings. The summed E-state index contributed by atoms with van der Waals surface area (Å²) >= 11 is 12.0. The number of ether oxygens (including phenoxy) is 2. The van der Waals surface area contributed by atoms with Crippen LogP contribution in [0.1, 0.15) is 33.3 Å². The van der Waals surface area contributed by atoms with Crippen molar-refractivity contribution in [1.82, 2.24) is 0 Å². The summed E-state index contributed by atoms with van der Waals surface area (Å²) in [6.07, 6.45) is 0.405. The number of hydrogen-bond acceptors (Lipinski definition) is 7. The summed E-state index contributed by atoms with van der Waals surface area (Å²) in [4.78, 5) is 22.7. The van der Waals surface area contributed by atoms with Gasteiger partial charge in [-0.05, 0) is 50.0 Å². The molecule has 0 saturated carbocycles.